The van der Waals surface area contributed by atoms with Gasteiger partial charge in [0.1, 0.15) is 5.82 Å². The van der Waals surface area contributed by atoms with Crippen molar-refractivity contribution in [3.05, 3.63) is 67.4 Å². The van der Waals surface area contributed by atoms with Crippen molar-refractivity contribution in [1.29, 1.82) is 0 Å². The van der Waals surface area contributed by atoms with Crippen LogP contribution in [0.2, 0.25) is 10.0 Å². The molecule has 1 N–H and O–H groups in total. The van der Waals surface area contributed by atoms with E-state index in [0.29, 0.717) is 20.1 Å². The molecule has 0 saturated heterocycles. The van der Waals surface area contributed by atoms with Crippen molar-refractivity contribution in [2.24, 2.45) is 0 Å². The largest absolute Gasteiger partial charge is 0.309 e. The van der Waals surface area contributed by atoms with Crippen molar-refractivity contribution in [1.82, 2.24) is 5.32 Å². The topological polar surface area (TPSA) is 12.0 Å². The highest BCUT2D eigenvalue weighted by atomic mass is 79.9. The van der Waals surface area contributed by atoms with E-state index in [4.69, 9.17) is 23.2 Å². The van der Waals surface area contributed by atoms with E-state index < -0.39 is 0 Å². The lowest BCUT2D eigenvalue weighted by Crippen LogP contribution is -2.19. The number of benzene rings is 2. The molecule has 0 amide bonds. The van der Waals surface area contributed by atoms with Gasteiger partial charge in [-0.2, -0.15) is 0 Å². The van der Waals surface area contributed by atoms with E-state index in [1.807, 2.05) is 25.1 Å². The Kier molecular flexibility index (Phi) is 5.08. The zero-order valence-electron chi connectivity index (χ0n) is 11.0. The fraction of sp³-hybridized carbons (Fsp3) is 0.200. The average Bonchev–Trinajstić information content (AvgIpc) is 2.41. The third-order valence-corrected chi connectivity index (χ3v) is 4.89. The van der Waals surface area contributed by atoms with Crippen LogP contribution in [0.4, 0.5) is 4.39 Å². The fourth-order valence-corrected chi connectivity index (χ4v) is 2.85. The van der Waals surface area contributed by atoms with E-state index in [2.05, 4.69) is 21.2 Å². The van der Waals surface area contributed by atoms with Gasteiger partial charge in [0.2, 0.25) is 0 Å². The van der Waals surface area contributed by atoms with Gasteiger partial charge in [-0.25, -0.2) is 4.39 Å². The summed E-state index contributed by atoms with van der Waals surface area (Å²) in [7, 11) is 1.76. The van der Waals surface area contributed by atoms with Gasteiger partial charge in [0, 0.05) is 15.1 Å². The zero-order valence-corrected chi connectivity index (χ0v) is 14.1. The SMILES string of the molecule is CNC(c1cc(Cl)c(Br)cc1F)c1cccc(C)c1Cl. The third kappa shape index (κ3) is 3.01. The van der Waals surface area contributed by atoms with Crippen LogP contribution in [0, 0.1) is 12.7 Å². The van der Waals surface area contributed by atoms with E-state index in [0.717, 1.165) is 11.1 Å². The molecule has 0 saturated carbocycles. The van der Waals surface area contributed by atoms with Crippen molar-refractivity contribution in [2.45, 2.75) is 13.0 Å². The van der Waals surface area contributed by atoms with Crippen LogP contribution in [-0.4, -0.2) is 7.05 Å². The molecule has 0 aliphatic rings. The van der Waals surface area contributed by atoms with Gasteiger partial charge >= 0.3 is 0 Å². The highest BCUT2D eigenvalue weighted by Crippen LogP contribution is 2.34. The molecule has 0 aliphatic carbocycles. The summed E-state index contributed by atoms with van der Waals surface area (Å²) in [5.74, 6) is -0.335. The van der Waals surface area contributed by atoms with E-state index in [9.17, 15) is 4.39 Å². The predicted octanol–water partition coefficient (Wildman–Crippen LogP) is 5.51. The molecule has 0 heterocycles. The van der Waals surface area contributed by atoms with Crippen LogP contribution in [-0.2, 0) is 0 Å². The summed E-state index contributed by atoms with van der Waals surface area (Å²) in [6, 6.07) is 8.33. The maximum absolute atomic E-state index is 14.2. The molecule has 20 heavy (non-hydrogen) atoms. The first kappa shape index (κ1) is 15.8. The van der Waals surface area contributed by atoms with Gasteiger partial charge in [-0.1, -0.05) is 41.4 Å². The molecule has 5 heteroatoms. The van der Waals surface area contributed by atoms with Gasteiger partial charge in [0.25, 0.3) is 0 Å². The number of rotatable bonds is 3. The second kappa shape index (κ2) is 6.44. The molecule has 0 aromatic heterocycles. The average molecular weight is 377 g/mol. The van der Waals surface area contributed by atoms with Crippen LogP contribution in [0.25, 0.3) is 0 Å². The van der Waals surface area contributed by atoms with E-state index in [1.54, 1.807) is 13.1 Å². The van der Waals surface area contributed by atoms with Crippen LogP contribution in [0.3, 0.4) is 0 Å². The second-order valence-corrected chi connectivity index (χ2v) is 6.13. The van der Waals surface area contributed by atoms with Crippen molar-refractivity contribution in [2.75, 3.05) is 7.05 Å². The molecule has 1 nitrogen and oxygen atoms in total. The Morgan fingerprint density at radius 2 is 1.90 bits per heavy atom. The summed E-state index contributed by atoms with van der Waals surface area (Å²) in [4.78, 5) is 0. The van der Waals surface area contributed by atoms with Gasteiger partial charge in [-0.15, -0.1) is 0 Å². The Morgan fingerprint density at radius 1 is 1.20 bits per heavy atom. The Balaban J connectivity index is 2.58. The molecule has 0 fully saturated rings. The number of hydrogen-bond acceptors (Lipinski definition) is 1. The molecule has 106 valence electrons. The molecule has 0 bridgehead atoms. The maximum Gasteiger partial charge on any atom is 0.129 e. The molecule has 0 aliphatic heterocycles. The first-order valence-corrected chi connectivity index (χ1v) is 7.57. The minimum atomic E-state index is -0.354. The molecule has 2 aromatic carbocycles. The fourth-order valence-electron chi connectivity index (χ4n) is 2.13. The summed E-state index contributed by atoms with van der Waals surface area (Å²) in [6.07, 6.45) is 0. The number of aryl methyl sites for hydroxylation is 1. The van der Waals surface area contributed by atoms with E-state index in [1.165, 1.54) is 6.07 Å². The van der Waals surface area contributed by atoms with Gasteiger partial charge in [-0.3, -0.25) is 0 Å². The maximum atomic E-state index is 14.2. The quantitative estimate of drug-likeness (QED) is 0.696. The molecule has 0 radical (unpaired) electrons. The lowest BCUT2D eigenvalue weighted by atomic mass is 9.97. The third-order valence-electron chi connectivity index (χ3n) is 3.17. The predicted molar refractivity (Wildman–Crippen MR) is 86.2 cm³/mol. The van der Waals surface area contributed by atoms with Crippen LogP contribution in [0.15, 0.2) is 34.8 Å². The number of halogens is 4. The lowest BCUT2D eigenvalue weighted by molar-refractivity contribution is 0.575. The Morgan fingerprint density at radius 3 is 2.55 bits per heavy atom. The monoisotopic (exact) mass is 375 g/mol. The normalized spacial score (nSPS) is 12.5. The van der Waals surface area contributed by atoms with E-state index >= 15 is 0 Å². The van der Waals surface area contributed by atoms with Crippen LogP contribution < -0.4 is 5.32 Å². The molecule has 2 rings (SSSR count). The summed E-state index contributed by atoms with van der Waals surface area (Å²) >= 11 is 15.6. The van der Waals surface area contributed by atoms with Crippen LogP contribution in [0.1, 0.15) is 22.7 Å². The van der Waals surface area contributed by atoms with Gasteiger partial charge in [-0.05, 0) is 53.2 Å². The summed E-state index contributed by atoms with van der Waals surface area (Å²) in [5, 5.41) is 4.19. The van der Waals surface area contributed by atoms with Gasteiger partial charge in [0.15, 0.2) is 0 Å². The van der Waals surface area contributed by atoms with Crippen molar-refractivity contribution >= 4 is 39.1 Å². The van der Waals surface area contributed by atoms with Crippen molar-refractivity contribution in [3.63, 3.8) is 0 Å². The molecule has 1 unspecified atom stereocenters. The highest BCUT2D eigenvalue weighted by Gasteiger charge is 2.20. The highest BCUT2D eigenvalue weighted by molar-refractivity contribution is 9.10. The smallest absolute Gasteiger partial charge is 0.129 e. The summed E-state index contributed by atoms with van der Waals surface area (Å²) < 4.78 is 14.7. The summed E-state index contributed by atoms with van der Waals surface area (Å²) in [5.41, 5.74) is 2.24. The Hall–Kier alpha value is -0.610. The molecular weight excluding hydrogens is 364 g/mol. The minimum absolute atomic E-state index is 0.335. The molecule has 2 aromatic rings. The Labute approximate surface area is 136 Å². The lowest BCUT2D eigenvalue weighted by Gasteiger charge is -2.20. The number of nitrogens with one attached hydrogen (secondary N) is 1. The molecule has 0 spiro atoms. The first-order valence-electron chi connectivity index (χ1n) is 6.02. The molecule has 1 atom stereocenters. The van der Waals surface area contributed by atoms with Gasteiger partial charge < -0.3 is 5.32 Å². The van der Waals surface area contributed by atoms with Crippen molar-refractivity contribution < 1.29 is 4.39 Å². The van der Waals surface area contributed by atoms with Gasteiger partial charge in [0.05, 0.1) is 11.1 Å². The Bertz CT molecular complexity index is 646. The second-order valence-electron chi connectivity index (χ2n) is 4.49. The molecular formula is C15H13BrCl2FN. The van der Waals surface area contributed by atoms with Crippen LogP contribution in [0.5, 0.6) is 0 Å². The van der Waals surface area contributed by atoms with Crippen LogP contribution >= 0.6 is 39.1 Å². The summed E-state index contributed by atoms with van der Waals surface area (Å²) in [6.45, 7) is 1.92. The van der Waals surface area contributed by atoms with Crippen molar-refractivity contribution in [3.8, 4) is 0 Å². The first-order chi connectivity index (χ1) is 9.45. The van der Waals surface area contributed by atoms with E-state index in [-0.39, 0.29) is 11.9 Å². The number of hydrogen-bond donors (Lipinski definition) is 1. The zero-order chi connectivity index (χ0) is 14.9. The minimum Gasteiger partial charge on any atom is -0.309 e. The standard InChI is InChI=1S/C15H13BrCl2FN/c1-8-4-3-5-9(14(8)18)15(20-2)10-6-12(17)11(16)7-13(10)19/h3-7,15,20H,1-2H3.